The number of hydrogen-bond acceptors (Lipinski definition) is 5. The molecule has 0 aliphatic carbocycles. The topological polar surface area (TPSA) is 84.9 Å². The van der Waals surface area contributed by atoms with Gasteiger partial charge in [0.1, 0.15) is 5.75 Å². The van der Waals surface area contributed by atoms with Crippen LogP contribution in [0.2, 0.25) is 0 Å². The van der Waals surface area contributed by atoms with E-state index in [2.05, 4.69) is 5.32 Å². The van der Waals surface area contributed by atoms with Crippen molar-refractivity contribution in [2.24, 2.45) is 0 Å². The number of hydrogen-bond donors (Lipinski definition) is 1. The molecule has 1 fully saturated rings. The summed E-state index contributed by atoms with van der Waals surface area (Å²) in [7, 11) is -3.70. The molecule has 0 atom stereocenters. The van der Waals surface area contributed by atoms with Crippen molar-refractivity contribution < 1.29 is 22.7 Å². The molecule has 1 aliphatic heterocycles. The van der Waals surface area contributed by atoms with Crippen molar-refractivity contribution in [3.63, 3.8) is 0 Å². The summed E-state index contributed by atoms with van der Waals surface area (Å²) in [5.41, 5.74) is 2.30. The molecule has 7 nitrogen and oxygen atoms in total. The molecule has 0 spiro atoms. The summed E-state index contributed by atoms with van der Waals surface area (Å²) < 4.78 is 38.4. The highest BCUT2D eigenvalue weighted by Gasteiger charge is 2.27. The van der Waals surface area contributed by atoms with Crippen LogP contribution in [0.15, 0.2) is 53.4 Å². The summed E-state index contributed by atoms with van der Waals surface area (Å²) in [4.78, 5) is 12.6. The molecule has 1 amide bonds. The van der Waals surface area contributed by atoms with Crippen molar-refractivity contribution >= 4 is 27.7 Å². The summed E-state index contributed by atoms with van der Waals surface area (Å²) >= 11 is 0. The number of sulfonamides is 1. The smallest absolute Gasteiger partial charge is 0.248 e. The molecule has 2 aromatic carbocycles. The highest BCUT2D eigenvalue weighted by Crippen LogP contribution is 2.30. The number of benzene rings is 2. The van der Waals surface area contributed by atoms with Gasteiger partial charge in [-0.15, -0.1) is 0 Å². The van der Waals surface area contributed by atoms with E-state index >= 15 is 0 Å². The van der Waals surface area contributed by atoms with E-state index in [0.717, 1.165) is 11.1 Å². The fourth-order valence-electron chi connectivity index (χ4n) is 3.18. The fraction of sp³-hybridized carbons (Fsp3) is 0.348. The SMILES string of the molecule is Cc1cccc(/C=C/C(=O)Nc2cc(S(=O)(=O)N3CCOCC3)ccc2OC(C)C)c1. The second-order valence-corrected chi connectivity index (χ2v) is 9.52. The third kappa shape index (κ3) is 6.16. The van der Waals surface area contributed by atoms with Gasteiger partial charge in [0.05, 0.1) is 29.9 Å². The van der Waals surface area contributed by atoms with Gasteiger partial charge in [0.25, 0.3) is 0 Å². The number of morpholine rings is 1. The molecule has 31 heavy (non-hydrogen) atoms. The molecule has 2 aromatic rings. The van der Waals surface area contributed by atoms with Gasteiger partial charge in [0.2, 0.25) is 15.9 Å². The second kappa shape index (κ2) is 10.1. The summed E-state index contributed by atoms with van der Waals surface area (Å²) in [6.45, 7) is 7.03. The lowest BCUT2D eigenvalue weighted by Crippen LogP contribution is -2.40. The molecule has 1 aliphatic rings. The van der Waals surface area contributed by atoms with Crippen LogP contribution in [-0.4, -0.2) is 51.0 Å². The minimum atomic E-state index is -3.70. The van der Waals surface area contributed by atoms with Crippen molar-refractivity contribution in [2.75, 3.05) is 31.6 Å². The van der Waals surface area contributed by atoms with Crippen molar-refractivity contribution in [1.82, 2.24) is 4.31 Å². The zero-order valence-corrected chi connectivity index (χ0v) is 18.8. The van der Waals surface area contributed by atoms with Gasteiger partial charge in [-0.2, -0.15) is 4.31 Å². The Morgan fingerprint density at radius 1 is 1.16 bits per heavy atom. The maximum Gasteiger partial charge on any atom is 0.248 e. The number of anilines is 1. The zero-order valence-electron chi connectivity index (χ0n) is 18.0. The van der Waals surface area contributed by atoms with Crippen LogP contribution in [-0.2, 0) is 19.6 Å². The number of rotatable bonds is 7. The first kappa shape index (κ1) is 23.0. The quantitative estimate of drug-likeness (QED) is 0.661. The molecule has 3 rings (SSSR count). The first-order valence-corrected chi connectivity index (χ1v) is 11.6. The third-order valence-electron chi connectivity index (χ3n) is 4.65. The van der Waals surface area contributed by atoms with Gasteiger partial charge in [-0.05, 0) is 50.6 Å². The second-order valence-electron chi connectivity index (χ2n) is 7.58. The minimum Gasteiger partial charge on any atom is -0.489 e. The zero-order chi connectivity index (χ0) is 22.4. The number of amides is 1. The van der Waals surface area contributed by atoms with E-state index in [0.29, 0.717) is 37.7 Å². The first-order chi connectivity index (χ1) is 14.8. The average Bonchev–Trinajstić information content (AvgIpc) is 2.74. The van der Waals surface area contributed by atoms with E-state index in [4.69, 9.17) is 9.47 Å². The molecular formula is C23H28N2O5S. The molecular weight excluding hydrogens is 416 g/mol. The van der Waals surface area contributed by atoms with E-state index in [9.17, 15) is 13.2 Å². The number of carbonyl (C=O) groups is 1. The molecule has 0 radical (unpaired) electrons. The van der Waals surface area contributed by atoms with Crippen LogP contribution < -0.4 is 10.1 Å². The van der Waals surface area contributed by atoms with Crippen molar-refractivity contribution in [2.45, 2.75) is 31.8 Å². The van der Waals surface area contributed by atoms with Crippen molar-refractivity contribution in [3.8, 4) is 5.75 Å². The van der Waals surface area contributed by atoms with Gasteiger partial charge in [-0.25, -0.2) is 8.42 Å². The molecule has 0 unspecified atom stereocenters. The van der Waals surface area contributed by atoms with Gasteiger partial charge in [-0.3, -0.25) is 4.79 Å². The molecule has 1 N–H and O–H groups in total. The molecule has 0 saturated carbocycles. The van der Waals surface area contributed by atoms with Crippen LogP contribution in [0.4, 0.5) is 5.69 Å². The number of nitrogens with zero attached hydrogens (tertiary/aromatic N) is 1. The highest BCUT2D eigenvalue weighted by atomic mass is 32.2. The van der Waals surface area contributed by atoms with E-state index < -0.39 is 10.0 Å². The lowest BCUT2D eigenvalue weighted by Gasteiger charge is -2.26. The summed E-state index contributed by atoms with van der Waals surface area (Å²) in [6, 6.07) is 12.3. The summed E-state index contributed by atoms with van der Waals surface area (Å²) in [5.74, 6) is 0.0317. The molecule has 0 bridgehead atoms. The Morgan fingerprint density at radius 3 is 2.58 bits per heavy atom. The first-order valence-electron chi connectivity index (χ1n) is 10.2. The lowest BCUT2D eigenvalue weighted by molar-refractivity contribution is -0.111. The summed E-state index contributed by atoms with van der Waals surface area (Å²) in [6.07, 6.45) is 2.98. The van der Waals surface area contributed by atoms with E-state index in [1.807, 2.05) is 45.0 Å². The number of aryl methyl sites for hydroxylation is 1. The molecule has 166 valence electrons. The Hall–Kier alpha value is -2.68. The Labute approximate surface area is 183 Å². The Morgan fingerprint density at radius 2 is 1.90 bits per heavy atom. The fourth-order valence-corrected chi connectivity index (χ4v) is 4.61. The number of nitrogens with one attached hydrogen (secondary N) is 1. The van der Waals surface area contributed by atoms with E-state index in [-0.39, 0.29) is 16.9 Å². The Kier molecular flexibility index (Phi) is 7.48. The van der Waals surface area contributed by atoms with E-state index in [1.165, 1.54) is 22.5 Å². The number of ether oxygens (including phenoxy) is 2. The third-order valence-corrected chi connectivity index (χ3v) is 6.54. The predicted molar refractivity (Wildman–Crippen MR) is 121 cm³/mol. The van der Waals surface area contributed by atoms with Crippen LogP contribution >= 0.6 is 0 Å². The Bertz CT molecular complexity index is 1060. The lowest BCUT2D eigenvalue weighted by atomic mass is 10.1. The van der Waals surface area contributed by atoms with Crippen LogP contribution in [0.5, 0.6) is 5.75 Å². The normalized spacial score (nSPS) is 15.4. The van der Waals surface area contributed by atoms with Crippen LogP contribution in [0.3, 0.4) is 0 Å². The van der Waals surface area contributed by atoms with Gasteiger partial charge in [0.15, 0.2) is 0 Å². The number of carbonyl (C=O) groups excluding carboxylic acids is 1. The van der Waals surface area contributed by atoms with Gasteiger partial charge < -0.3 is 14.8 Å². The van der Waals surface area contributed by atoms with Gasteiger partial charge in [-0.1, -0.05) is 29.8 Å². The standard InChI is InChI=1S/C23H28N2O5S/c1-17(2)30-22-9-8-20(31(27,28)25-11-13-29-14-12-25)16-21(22)24-23(26)10-7-19-6-4-5-18(3)15-19/h4-10,15-17H,11-14H2,1-3H3,(H,24,26)/b10-7+. The maximum atomic E-state index is 13.0. The van der Waals surface area contributed by atoms with E-state index in [1.54, 1.807) is 12.1 Å². The largest absolute Gasteiger partial charge is 0.489 e. The molecule has 0 aromatic heterocycles. The maximum absolute atomic E-state index is 13.0. The highest BCUT2D eigenvalue weighted by molar-refractivity contribution is 7.89. The summed E-state index contributed by atoms with van der Waals surface area (Å²) in [5, 5.41) is 2.76. The Balaban J connectivity index is 1.85. The van der Waals surface area contributed by atoms with Crippen LogP contribution in [0.25, 0.3) is 6.08 Å². The molecule has 1 saturated heterocycles. The minimum absolute atomic E-state index is 0.100. The van der Waals surface area contributed by atoms with Crippen molar-refractivity contribution in [3.05, 3.63) is 59.7 Å². The molecule has 1 heterocycles. The predicted octanol–water partition coefficient (Wildman–Crippen LogP) is 3.46. The van der Waals surface area contributed by atoms with Crippen molar-refractivity contribution in [1.29, 1.82) is 0 Å². The van der Waals surface area contributed by atoms with Crippen LogP contribution in [0, 0.1) is 6.92 Å². The van der Waals surface area contributed by atoms with Gasteiger partial charge in [0, 0.05) is 19.2 Å². The van der Waals surface area contributed by atoms with Gasteiger partial charge >= 0.3 is 0 Å². The monoisotopic (exact) mass is 444 g/mol. The average molecular weight is 445 g/mol. The van der Waals surface area contributed by atoms with Crippen LogP contribution in [0.1, 0.15) is 25.0 Å². The molecule has 8 heteroatoms.